The van der Waals surface area contributed by atoms with Crippen molar-refractivity contribution in [1.29, 1.82) is 0 Å². The van der Waals surface area contributed by atoms with Crippen molar-refractivity contribution >= 4 is 23.2 Å². The smallest absolute Gasteiger partial charge is 0.242 e. The molecular weight excluding hydrogens is 451 g/mol. The summed E-state index contributed by atoms with van der Waals surface area (Å²) < 4.78 is 19.2. The van der Waals surface area contributed by atoms with Crippen molar-refractivity contribution in [2.75, 3.05) is 26.2 Å². The van der Waals surface area contributed by atoms with Gasteiger partial charge >= 0.3 is 0 Å². The highest BCUT2D eigenvalue weighted by Gasteiger charge is 2.33. The number of carbonyl (C=O) groups excluding carboxylic acids is 2. The SMILES string of the molecule is C=CCN(CC(=O)N1CCc2sccc2[C@@H]1COc1ccc(F)cc1)C(=O)Cc1ccccc1. The number of benzene rings is 2. The van der Waals surface area contributed by atoms with Crippen LogP contribution in [0.15, 0.2) is 78.7 Å². The van der Waals surface area contributed by atoms with Crippen LogP contribution in [-0.4, -0.2) is 47.9 Å². The van der Waals surface area contributed by atoms with Gasteiger partial charge in [0.25, 0.3) is 0 Å². The Kier molecular flexibility index (Phi) is 7.75. The number of thiophene rings is 1. The maximum atomic E-state index is 13.4. The average Bonchev–Trinajstić information content (AvgIpc) is 3.33. The zero-order valence-corrected chi connectivity index (χ0v) is 19.7. The van der Waals surface area contributed by atoms with Crippen molar-refractivity contribution in [3.05, 3.63) is 101 Å². The van der Waals surface area contributed by atoms with Gasteiger partial charge in [0.1, 0.15) is 24.7 Å². The van der Waals surface area contributed by atoms with Crippen LogP contribution >= 0.6 is 11.3 Å². The third-order valence-electron chi connectivity index (χ3n) is 5.86. The summed E-state index contributed by atoms with van der Waals surface area (Å²) in [5.41, 5.74) is 1.97. The molecule has 4 rings (SSSR count). The van der Waals surface area contributed by atoms with Gasteiger partial charge in [0.15, 0.2) is 0 Å². The summed E-state index contributed by atoms with van der Waals surface area (Å²) in [5, 5.41) is 2.02. The van der Waals surface area contributed by atoms with E-state index in [1.807, 2.05) is 41.8 Å². The van der Waals surface area contributed by atoms with Crippen molar-refractivity contribution in [2.45, 2.75) is 18.9 Å². The number of nitrogens with zero attached hydrogens (tertiary/aromatic N) is 2. The van der Waals surface area contributed by atoms with E-state index in [-0.39, 0.29) is 43.2 Å². The quantitative estimate of drug-likeness (QED) is 0.421. The maximum absolute atomic E-state index is 13.4. The Morgan fingerprint density at radius 2 is 1.91 bits per heavy atom. The van der Waals surface area contributed by atoms with Crippen LogP contribution in [0.1, 0.15) is 22.0 Å². The molecule has 2 heterocycles. The molecule has 3 aromatic rings. The van der Waals surface area contributed by atoms with E-state index in [1.165, 1.54) is 17.0 Å². The zero-order valence-electron chi connectivity index (χ0n) is 18.9. The minimum Gasteiger partial charge on any atom is -0.491 e. The maximum Gasteiger partial charge on any atom is 0.242 e. The minimum absolute atomic E-state index is 0.0236. The normalized spacial score (nSPS) is 14.9. The Hall–Kier alpha value is -3.45. The topological polar surface area (TPSA) is 49.9 Å². The van der Waals surface area contributed by atoms with Crippen LogP contribution in [0.3, 0.4) is 0 Å². The van der Waals surface area contributed by atoms with E-state index < -0.39 is 0 Å². The van der Waals surface area contributed by atoms with Gasteiger partial charge in [0.2, 0.25) is 11.8 Å². The molecule has 1 aromatic heterocycles. The third kappa shape index (κ3) is 5.72. The van der Waals surface area contributed by atoms with Crippen LogP contribution in [0.25, 0.3) is 0 Å². The van der Waals surface area contributed by atoms with E-state index in [0.29, 0.717) is 18.8 Å². The predicted octanol–water partition coefficient (Wildman–Crippen LogP) is 4.65. The van der Waals surface area contributed by atoms with Gasteiger partial charge in [-0.1, -0.05) is 36.4 Å². The highest BCUT2D eigenvalue weighted by atomic mass is 32.1. The molecule has 1 atom stereocenters. The lowest BCUT2D eigenvalue weighted by Gasteiger charge is -2.37. The summed E-state index contributed by atoms with van der Waals surface area (Å²) in [5.74, 6) is -0.0356. The Morgan fingerprint density at radius 3 is 2.65 bits per heavy atom. The summed E-state index contributed by atoms with van der Waals surface area (Å²) >= 11 is 1.67. The Labute approximate surface area is 203 Å². The van der Waals surface area contributed by atoms with Crippen LogP contribution in [0.4, 0.5) is 4.39 Å². The molecule has 7 heteroatoms. The van der Waals surface area contributed by atoms with Crippen LogP contribution in [0.2, 0.25) is 0 Å². The summed E-state index contributed by atoms with van der Waals surface area (Å²) in [6.45, 7) is 4.83. The second kappa shape index (κ2) is 11.1. The number of fused-ring (bicyclic) bond motifs is 1. The van der Waals surface area contributed by atoms with Gasteiger partial charge in [-0.05, 0) is 53.3 Å². The molecular formula is C27H27FN2O3S. The van der Waals surface area contributed by atoms with Crippen molar-refractivity contribution < 1.29 is 18.7 Å². The van der Waals surface area contributed by atoms with Gasteiger partial charge in [0, 0.05) is 18.0 Å². The van der Waals surface area contributed by atoms with Crippen molar-refractivity contribution in [3.8, 4) is 5.75 Å². The van der Waals surface area contributed by atoms with E-state index in [0.717, 1.165) is 17.5 Å². The number of amides is 2. The molecule has 2 amide bonds. The van der Waals surface area contributed by atoms with E-state index in [4.69, 9.17) is 4.74 Å². The van der Waals surface area contributed by atoms with Gasteiger partial charge in [-0.15, -0.1) is 17.9 Å². The predicted molar refractivity (Wildman–Crippen MR) is 131 cm³/mol. The molecule has 0 unspecified atom stereocenters. The Morgan fingerprint density at radius 1 is 1.15 bits per heavy atom. The van der Waals surface area contributed by atoms with E-state index in [9.17, 15) is 14.0 Å². The molecule has 1 aliphatic rings. The monoisotopic (exact) mass is 478 g/mol. The van der Waals surface area contributed by atoms with Gasteiger partial charge in [-0.2, -0.15) is 0 Å². The lowest BCUT2D eigenvalue weighted by molar-refractivity contribution is -0.142. The fraction of sp³-hybridized carbons (Fsp3) is 0.259. The van der Waals surface area contributed by atoms with Crippen LogP contribution < -0.4 is 4.74 Å². The van der Waals surface area contributed by atoms with Gasteiger partial charge in [-0.25, -0.2) is 4.39 Å². The molecule has 1 aliphatic heterocycles. The van der Waals surface area contributed by atoms with Crippen molar-refractivity contribution in [3.63, 3.8) is 0 Å². The Balaban J connectivity index is 1.47. The number of halogens is 1. The van der Waals surface area contributed by atoms with E-state index in [2.05, 4.69) is 6.58 Å². The summed E-state index contributed by atoms with van der Waals surface area (Å²) in [4.78, 5) is 31.0. The molecule has 176 valence electrons. The first kappa shape index (κ1) is 23.7. The van der Waals surface area contributed by atoms with Gasteiger partial charge in [0.05, 0.1) is 12.5 Å². The fourth-order valence-corrected chi connectivity index (χ4v) is 5.06. The molecule has 0 bridgehead atoms. The molecule has 0 fully saturated rings. The fourth-order valence-electron chi connectivity index (χ4n) is 4.13. The Bertz CT molecular complexity index is 1130. The summed E-state index contributed by atoms with van der Waals surface area (Å²) in [6.07, 6.45) is 2.64. The molecule has 0 spiro atoms. The first-order chi connectivity index (χ1) is 16.5. The van der Waals surface area contributed by atoms with Gasteiger partial charge < -0.3 is 14.5 Å². The van der Waals surface area contributed by atoms with Crippen LogP contribution in [0.5, 0.6) is 5.75 Å². The molecule has 34 heavy (non-hydrogen) atoms. The first-order valence-electron chi connectivity index (χ1n) is 11.2. The summed E-state index contributed by atoms with van der Waals surface area (Å²) in [7, 11) is 0. The molecule has 2 aromatic carbocycles. The first-order valence-corrected chi connectivity index (χ1v) is 12.1. The second-order valence-electron chi connectivity index (χ2n) is 8.14. The van der Waals surface area contributed by atoms with Gasteiger partial charge in [-0.3, -0.25) is 9.59 Å². The average molecular weight is 479 g/mol. The number of hydrogen-bond acceptors (Lipinski definition) is 4. The summed E-state index contributed by atoms with van der Waals surface area (Å²) in [6, 6.07) is 17.1. The molecule has 0 radical (unpaired) electrons. The highest BCUT2D eigenvalue weighted by Crippen LogP contribution is 2.34. The largest absolute Gasteiger partial charge is 0.491 e. The molecule has 0 aliphatic carbocycles. The minimum atomic E-state index is -0.329. The standard InChI is InChI=1S/C27H27FN2O3S/c1-2-14-29(26(31)17-20-6-4-3-5-7-20)18-27(32)30-15-12-25-23(13-16-34-25)24(30)19-33-22-10-8-21(28)9-11-22/h2-11,13,16,24H,1,12,14-15,17-19H2/t24-/m0/s1. The van der Waals surface area contributed by atoms with E-state index >= 15 is 0 Å². The lowest BCUT2D eigenvalue weighted by Crippen LogP contribution is -2.48. The van der Waals surface area contributed by atoms with Crippen LogP contribution in [0, 0.1) is 5.82 Å². The van der Waals surface area contributed by atoms with Crippen LogP contribution in [-0.2, 0) is 22.4 Å². The van der Waals surface area contributed by atoms with Crippen molar-refractivity contribution in [1.82, 2.24) is 9.80 Å². The molecule has 5 nitrogen and oxygen atoms in total. The highest BCUT2D eigenvalue weighted by molar-refractivity contribution is 7.10. The van der Waals surface area contributed by atoms with E-state index in [1.54, 1.807) is 39.3 Å². The number of ether oxygens (including phenoxy) is 1. The second-order valence-corrected chi connectivity index (χ2v) is 9.14. The van der Waals surface area contributed by atoms with Crippen molar-refractivity contribution in [2.24, 2.45) is 0 Å². The molecule has 0 saturated carbocycles. The third-order valence-corrected chi connectivity index (χ3v) is 6.86. The molecule has 0 saturated heterocycles. The number of carbonyl (C=O) groups is 2. The lowest BCUT2D eigenvalue weighted by atomic mass is 10.0. The number of hydrogen-bond donors (Lipinski definition) is 0. The zero-order chi connectivity index (χ0) is 23.9. The number of rotatable bonds is 9. The molecule has 0 N–H and O–H groups in total.